The summed E-state index contributed by atoms with van der Waals surface area (Å²) in [6.07, 6.45) is 0. The van der Waals surface area contributed by atoms with Crippen molar-refractivity contribution in [2.75, 3.05) is 6.61 Å². The molecule has 6 nitrogen and oxygen atoms in total. The Morgan fingerprint density at radius 1 is 1.26 bits per heavy atom. The van der Waals surface area contributed by atoms with Gasteiger partial charge in [-0.1, -0.05) is 6.07 Å². The predicted octanol–water partition coefficient (Wildman–Crippen LogP) is 3.60. The maximum Gasteiger partial charge on any atom is 0.348 e. The van der Waals surface area contributed by atoms with Gasteiger partial charge in [0.05, 0.1) is 12.2 Å². The number of halogens is 1. The largest absolute Gasteiger partial charge is 0.507 e. The van der Waals surface area contributed by atoms with E-state index in [1.54, 1.807) is 19.1 Å². The Balaban J connectivity index is 1.96. The summed E-state index contributed by atoms with van der Waals surface area (Å²) >= 11 is 1.18. The lowest BCUT2D eigenvalue weighted by atomic mass is 10.1. The fourth-order valence-electron chi connectivity index (χ4n) is 2.63. The molecule has 0 saturated carbocycles. The summed E-state index contributed by atoms with van der Waals surface area (Å²) in [4.78, 5) is 23.7. The Morgan fingerprint density at radius 2 is 2.04 bits per heavy atom. The van der Waals surface area contributed by atoms with Gasteiger partial charge in [0.2, 0.25) is 0 Å². The van der Waals surface area contributed by atoms with Crippen LogP contribution in [0.3, 0.4) is 0 Å². The molecular weight excluding hydrogens is 373 g/mol. The van der Waals surface area contributed by atoms with Crippen LogP contribution in [0.4, 0.5) is 4.39 Å². The average molecular weight is 389 g/mol. The van der Waals surface area contributed by atoms with E-state index in [9.17, 15) is 19.1 Å². The highest BCUT2D eigenvalue weighted by atomic mass is 32.1. The van der Waals surface area contributed by atoms with Crippen LogP contribution in [0.1, 0.15) is 32.5 Å². The van der Waals surface area contributed by atoms with Gasteiger partial charge in [0.1, 0.15) is 28.8 Å². The van der Waals surface area contributed by atoms with Crippen molar-refractivity contribution in [2.24, 2.45) is 5.73 Å². The zero-order valence-electron chi connectivity index (χ0n) is 14.3. The number of aromatic hydroxyl groups is 1. The first-order valence-corrected chi connectivity index (χ1v) is 8.86. The molecular formula is C19H16FNO5S. The molecule has 0 unspecified atom stereocenters. The number of rotatable bonds is 6. The van der Waals surface area contributed by atoms with Crippen LogP contribution in [0, 0.1) is 5.82 Å². The number of phenols is 1. The topological polar surface area (TPSA) is 98.8 Å². The zero-order valence-corrected chi connectivity index (χ0v) is 15.1. The molecule has 0 aliphatic carbocycles. The van der Waals surface area contributed by atoms with E-state index in [2.05, 4.69) is 0 Å². The summed E-state index contributed by atoms with van der Waals surface area (Å²) in [6.45, 7) is 1.81. The van der Waals surface area contributed by atoms with Crippen molar-refractivity contribution in [1.82, 2.24) is 0 Å². The molecule has 0 aliphatic heterocycles. The number of ether oxygens (including phenoxy) is 2. The Bertz CT molecular complexity index is 1030. The third kappa shape index (κ3) is 3.70. The van der Waals surface area contributed by atoms with Gasteiger partial charge < -0.3 is 20.3 Å². The van der Waals surface area contributed by atoms with Crippen molar-refractivity contribution < 1.29 is 28.6 Å². The Morgan fingerprint density at radius 3 is 2.70 bits per heavy atom. The second-order valence-corrected chi connectivity index (χ2v) is 6.63. The van der Waals surface area contributed by atoms with Gasteiger partial charge >= 0.3 is 5.97 Å². The number of carbonyl (C=O) groups excluding carboxylic acids is 2. The minimum atomic E-state index is -0.877. The lowest BCUT2D eigenvalue weighted by Gasteiger charge is -2.09. The monoisotopic (exact) mass is 389 g/mol. The molecule has 0 aliphatic rings. The maximum atomic E-state index is 13.9. The van der Waals surface area contributed by atoms with Crippen LogP contribution in [0.25, 0.3) is 10.1 Å². The molecule has 1 aromatic heterocycles. The fraction of sp³-hybridized carbons (Fsp3) is 0.158. The molecule has 0 atom stereocenters. The summed E-state index contributed by atoms with van der Waals surface area (Å²) in [5, 5.41) is 10.7. The van der Waals surface area contributed by atoms with Gasteiger partial charge in [-0.3, -0.25) is 4.79 Å². The fourth-order valence-corrected chi connectivity index (χ4v) is 3.76. The molecule has 0 fully saturated rings. The van der Waals surface area contributed by atoms with E-state index < -0.39 is 17.7 Å². The Labute approximate surface area is 157 Å². The number of esters is 1. The molecule has 0 spiro atoms. The van der Waals surface area contributed by atoms with E-state index in [4.69, 9.17) is 15.2 Å². The third-order valence-electron chi connectivity index (χ3n) is 3.84. The Hall–Kier alpha value is -3.13. The molecule has 3 N–H and O–H groups in total. The highest BCUT2D eigenvalue weighted by Crippen LogP contribution is 2.38. The van der Waals surface area contributed by atoms with Gasteiger partial charge in [-0.2, -0.15) is 0 Å². The molecule has 3 aromatic rings. The number of phenolic OH excluding ortho intramolecular Hbond substituents is 1. The molecule has 0 radical (unpaired) electrons. The van der Waals surface area contributed by atoms with Crippen molar-refractivity contribution in [3.63, 3.8) is 0 Å². The average Bonchev–Trinajstić information content (AvgIpc) is 3.00. The van der Waals surface area contributed by atoms with E-state index >= 15 is 0 Å². The van der Waals surface area contributed by atoms with Crippen molar-refractivity contribution >= 4 is 33.3 Å². The minimum absolute atomic E-state index is 0.00755. The standard InChI is InChI=1S/C19H16FNO5S/c1-2-25-19(24)17-12(16-14(22)4-3-5-15(16)27-17)9-26-10-6-7-11(18(21)23)13(20)8-10/h3-8,22H,2,9H2,1H3,(H2,21,23). The molecule has 0 bridgehead atoms. The van der Waals surface area contributed by atoms with E-state index in [0.29, 0.717) is 20.5 Å². The maximum absolute atomic E-state index is 13.9. The van der Waals surface area contributed by atoms with Crippen LogP contribution in [-0.4, -0.2) is 23.6 Å². The van der Waals surface area contributed by atoms with Crippen LogP contribution < -0.4 is 10.5 Å². The van der Waals surface area contributed by atoms with Crippen LogP contribution in [0.2, 0.25) is 0 Å². The molecule has 1 heterocycles. The molecule has 2 aromatic carbocycles. The van der Waals surface area contributed by atoms with E-state index in [0.717, 1.165) is 6.07 Å². The summed E-state index contributed by atoms with van der Waals surface area (Å²) in [7, 11) is 0. The second-order valence-electron chi connectivity index (χ2n) is 5.58. The highest BCUT2D eigenvalue weighted by Gasteiger charge is 2.22. The number of primary amides is 1. The first-order chi connectivity index (χ1) is 12.9. The van der Waals surface area contributed by atoms with Crippen LogP contribution in [-0.2, 0) is 11.3 Å². The quantitative estimate of drug-likeness (QED) is 0.628. The van der Waals surface area contributed by atoms with Crippen molar-refractivity contribution in [3.05, 3.63) is 58.2 Å². The zero-order chi connectivity index (χ0) is 19.6. The number of amides is 1. The number of carbonyl (C=O) groups is 2. The van der Waals surface area contributed by atoms with Gasteiger partial charge in [-0.05, 0) is 31.2 Å². The smallest absolute Gasteiger partial charge is 0.348 e. The molecule has 8 heteroatoms. The summed E-state index contributed by atoms with van der Waals surface area (Å²) in [5.41, 5.74) is 5.29. The predicted molar refractivity (Wildman–Crippen MR) is 98.7 cm³/mol. The molecule has 1 amide bonds. The Kier molecular flexibility index (Phi) is 5.27. The summed E-state index contributed by atoms with van der Waals surface area (Å²) in [6, 6.07) is 8.62. The summed E-state index contributed by atoms with van der Waals surface area (Å²) in [5.74, 6) is -2.04. The second kappa shape index (κ2) is 7.63. The number of hydrogen-bond donors (Lipinski definition) is 2. The van der Waals surface area contributed by atoms with Gasteiger partial charge in [-0.25, -0.2) is 9.18 Å². The number of nitrogens with two attached hydrogens (primary N) is 1. The molecule has 140 valence electrons. The van der Waals surface area contributed by atoms with Crippen LogP contribution in [0.5, 0.6) is 11.5 Å². The molecule has 3 rings (SSSR count). The van der Waals surface area contributed by atoms with E-state index in [1.807, 2.05) is 0 Å². The molecule has 27 heavy (non-hydrogen) atoms. The number of fused-ring (bicyclic) bond motifs is 1. The van der Waals surface area contributed by atoms with Gasteiger partial charge in [0.15, 0.2) is 0 Å². The number of hydrogen-bond acceptors (Lipinski definition) is 6. The van der Waals surface area contributed by atoms with Gasteiger partial charge in [0.25, 0.3) is 5.91 Å². The van der Waals surface area contributed by atoms with Crippen LogP contribution >= 0.6 is 11.3 Å². The lowest BCUT2D eigenvalue weighted by molar-refractivity contribution is 0.0529. The van der Waals surface area contributed by atoms with E-state index in [-0.39, 0.29) is 30.3 Å². The van der Waals surface area contributed by atoms with E-state index in [1.165, 1.54) is 29.5 Å². The normalized spacial score (nSPS) is 10.7. The summed E-state index contributed by atoms with van der Waals surface area (Å²) < 4.78 is 25.3. The first kappa shape index (κ1) is 18.7. The first-order valence-electron chi connectivity index (χ1n) is 8.05. The van der Waals surface area contributed by atoms with Crippen molar-refractivity contribution in [2.45, 2.75) is 13.5 Å². The molecule has 0 saturated heterocycles. The van der Waals surface area contributed by atoms with Crippen molar-refractivity contribution in [1.29, 1.82) is 0 Å². The van der Waals surface area contributed by atoms with Gasteiger partial charge in [-0.15, -0.1) is 11.3 Å². The van der Waals surface area contributed by atoms with Crippen molar-refractivity contribution in [3.8, 4) is 11.5 Å². The van der Waals surface area contributed by atoms with Gasteiger partial charge in [0, 0.05) is 21.7 Å². The number of thiophene rings is 1. The van der Waals surface area contributed by atoms with Crippen LogP contribution in [0.15, 0.2) is 36.4 Å². The number of benzene rings is 2. The highest BCUT2D eigenvalue weighted by molar-refractivity contribution is 7.21. The lowest BCUT2D eigenvalue weighted by Crippen LogP contribution is -2.13. The SMILES string of the molecule is CCOC(=O)c1sc2cccc(O)c2c1COc1ccc(C(N)=O)c(F)c1. The third-order valence-corrected chi connectivity index (χ3v) is 5.02. The minimum Gasteiger partial charge on any atom is -0.507 e.